The molecule has 6 nitrogen and oxygen atoms in total. The zero-order valence-corrected chi connectivity index (χ0v) is 19.3. The lowest BCUT2D eigenvalue weighted by atomic mass is 10.2. The molecule has 168 valence electrons. The van der Waals surface area contributed by atoms with E-state index in [0.29, 0.717) is 0 Å². The fraction of sp³-hybridized carbons (Fsp3) is 0.708. The number of anilines is 1. The highest BCUT2D eigenvalue weighted by Crippen LogP contribution is 2.28. The molecule has 1 saturated heterocycles. The van der Waals surface area contributed by atoms with E-state index in [1.807, 2.05) is 7.05 Å². The largest absolute Gasteiger partial charge is 0.379 e. The van der Waals surface area contributed by atoms with Crippen molar-refractivity contribution in [1.29, 1.82) is 0 Å². The van der Waals surface area contributed by atoms with Crippen LogP contribution in [-0.2, 0) is 4.74 Å². The second-order valence-electron chi connectivity index (χ2n) is 8.79. The van der Waals surface area contributed by atoms with Gasteiger partial charge in [-0.25, -0.2) is 0 Å². The number of nitrogens with zero attached hydrogens (tertiary/aromatic N) is 4. The number of unbranched alkanes of at least 4 members (excludes halogenated alkanes) is 1. The van der Waals surface area contributed by atoms with Gasteiger partial charge in [0.2, 0.25) is 0 Å². The van der Waals surface area contributed by atoms with Gasteiger partial charge in [0.05, 0.1) is 6.61 Å². The molecule has 0 atom stereocenters. The SMILES string of the molecule is CN=C(NCCCCN1CCN(c2cccc(C)c2)CC1)N(C)CCOCC1CC1. The van der Waals surface area contributed by atoms with Gasteiger partial charge in [0.1, 0.15) is 0 Å². The number of nitrogens with one attached hydrogen (secondary N) is 1. The lowest BCUT2D eigenvalue weighted by molar-refractivity contribution is 0.115. The van der Waals surface area contributed by atoms with Gasteiger partial charge in [-0.15, -0.1) is 0 Å². The predicted molar refractivity (Wildman–Crippen MR) is 127 cm³/mol. The summed E-state index contributed by atoms with van der Waals surface area (Å²) in [5, 5.41) is 3.50. The number of hydrogen-bond donors (Lipinski definition) is 1. The van der Waals surface area contributed by atoms with Crippen molar-refractivity contribution in [3.8, 4) is 0 Å². The van der Waals surface area contributed by atoms with Crippen LogP contribution in [0.3, 0.4) is 0 Å². The molecule has 3 rings (SSSR count). The topological polar surface area (TPSA) is 43.3 Å². The minimum atomic E-state index is 0.780. The van der Waals surface area contributed by atoms with E-state index in [1.54, 1.807) is 0 Å². The first kappa shape index (κ1) is 22.9. The molecule has 1 N–H and O–H groups in total. The maximum atomic E-state index is 5.74. The predicted octanol–water partition coefficient (Wildman–Crippen LogP) is 2.83. The lowest BCUT2D eigenvalue weighted by Crippen LogP contribution is -2.46. The van der Waals surface area contributed by atoms with Crippen molar-refractivity contribution in [2.24, 2.45) is 10.9 Å². The summed E-state index contributed by atoms with van der Waals surface area (Å²) in [6.45, 7) is 11.5. The molecule has 1 aliphatic carbocycles. The first-order valence-corrected chi connectivity index (χ1v) is 11.7. The van der Waals surface area contributed by atoms with Crippen LogP contribution in [0, 0.1) is 12.8 Å². The van der Waals surface area contributed by atoms with Crippen molar-refractivity contribution in [1.82, 2.24) is 15.1 Å². The Balaban J connectivity index is 1.23. The van der Waals surface area contributed by atoms with E-state index in [0.717, 1.165) is 64.4 Å². The van der Waals surface area contributed by atoms with Gasteiger partial charge in [-0.2, -0.15) is 0 Å². The molecule has 0 bridgehead atoms. The molecule has 6 heteroatoms. The van der Waals surface area contributed by atoms with Crippen molar-refractivity contribution >= 4 is 11.6 Å². The van der Waals surface area contributed by atoms with Crippen LogP contribution in [0.5, 0.6) is 0 Å². The smallest absolute Gasteiger partial charge is 0.193 e. The Kier molecular flexibility index (Phi) is 9.27. The molecule has 0 spiro atoms. The molecule has 0 aromatic heterocycles. The number of guanidine groups is 1. The van der Waals surface area contributed by atoms with E-state index >= 15 is 0 Å². The molecule has 2 aliphatic rings. The Labute approximate surface area is 183 Å². The van der Waals surface area contributed by atoms with Crippen LogP contribution in [0.4, 0.5) is 5.69 Å². The fourth-order valence-corrected chi connectivity index (χ4v) is 3.94. The summed E-state index contributed by atoms with van der Waals surface area (Å²) in [6.07, 6.45) is 5.09. The number of aliphatic imine (C=N–C) groups is 1. The van der Waals surface area contributed by atoms with E-state index in [-0.39, 0.29) is 0 Å². The second kappa shape index (κ2) is 12.2. The number of piperazine rings is 1. The third-order valence-corrected chi connectivity index (χ3v) is 6.12. The van der Waals surface area contributed by atoms with E-state index in [4.69, 9.17) is 4.74 Å². The van der Waals surface area contributed by atoms with Crippen molar-refractivity contribution < 1.29 is 4.74 Å². The first-order valence-electron chi connectivity index (χ1n) is 11.7. The molecular weight excluding hydrogens is 374 g/mol. The van der Waals surface area contributed by atoms with Gasteiger partial charge in [-0.1, -0.05) is 12.1 Å². The average Bonchev–Trinajstić information content (AvgIpc) is 3.58. The highest BCUT2D eigenvalue weighted by molar-refractivity contribution is 5.79. The third-order valence-electron chi connectivity index (χ3n) is 6.12. The number of hydrogen-bond acceptors (Lipinski definition) is 4. The van der Waals surface area contributed by atoms with E-state index in [1.165, 1.54) is 43.5 Å². The first-order chi connectivity index (χ1) is 14.7. The highest BCUT2D eigenvalue weighted by atomic mass is 16.5. The highest BCUT2D eigenvalue weighted by Gasteiger charge is 2.21. The molecule has 1 aliphatic heterocycles. The Hall–Kier alpha value is -1.79. The Morgan fingerprint density at radius 2 is 2.00 bits per heavy atom. The van der Waals surface area contributed by atoms with Gasteiger partial charge in [0.15, 0.2) is 5.96 Å². The van der Waals surface area contributed by atoms with E-state index < -0.39 is 0 Å². The van der Waals surface area contributed by atoms with Crippen molar-refractivity contribution in [3.05, 3.63) is 29.8 Å². The van der Waals surface area contributed by atoms with Gasteiger partial charge in [0, 0.05) is 65.7 Å². The minimum absolute atomic E-state index is 0.780. The molecule has 30 heavy (non-hydrogen) atoms. The van der Waals surface area contributed by atoms with Crippen LogP contribution in [0.25, 0.3) is 0 Å². The zero-order chi connectivity index (χ0) is 21.2. The van der Waals surface area contributed by atoms with Crippen LogP contribution < -0.4 is 10.2 Å². The van der Waals surface area contributed by atoms with Gasteiger partial charge < -0.3 is 19.9 Å². The van der Waals surface area contributed by atoms with Crippen LogP contribution >= 0.6 is 0 Å². The number of rotatable bonds is 11. The Morgan fingerprint density at radius 3 is 2.70 bits per heavy atom. The van der Waals surface area contributed by atoms with Gasteiger partial charge in [-0.05, 0) is 62.8 Å². The summed E-state index contributed by atoms with van der Waals surface area (Å²) < 4.78 is 5.74. The third kappa shape index (κ3) is 7.80. The molecule has 1 aromatic carbocycles. The number of ether oxygens (including phenoxy) is 1. The molecule has 1 aromatic rings. The normalized spacial score (nSPS) is 18.0. The average molecular weight is 416 g/mol. The van der Waals surface area contributed by atoms with Crippen molar-refractivity contribution in [2.75, 3.05) is 78.0 Å². The fourth-order valence-electron chi connectivity index (χ4n) is 3.94. The van der Waals surface area contributed by atoms with Crippen LogP contribution in [0.1, 0.15) is 31.2 Å². The summed E-state index contributed by atoms with van der Waals surface area (Å²) in [7, 11) is 3.95. The minimum Gasteiger partial charge on any atom is -0.379 e. The summed E-state index contributed by atoms with van der Waals surface area (Å²) in [6, 6.07) is 8.86. The maximum Gasteiger partial charge on any atom is 0.193 e. The molecule has 1 heterocycles. The number of likely N-dealkylation sites (N-methyl/N-ethyl adjacent to an activating group) is 1. The van der Waals surface area contributed by atoms with Crippen LogP contribution in [0.2, 0.25) is 0 Å². The van der Waals surface area contributed by atoms with Crippen LogP contribution in [-0.4, -0.2) is 88.9 Å². The van der Waals surface area contributed by atoms with Gasteiger partial charge >= 0.3 is 0 Å². The molecule has 1 saturated carbocycles. The molecule has 2 fully saturated rings. The summed E-state index contributed by atoms with van der Waals surface area (Å²) in [5.74, 6) is 1.80. The summed E-state index contributed by atoms with van der Waals surface area (Å²) in [5.41, 5.74) is 2.71. The monoisotopic (exact) mass is 415 g/mol. The van der Waals surface area contributed by atoms with E-state index in [2.05, 4.69) is 63.2 Å². The van der Waals surface area contributed by atoms with Gasteiger partial charge in [-0.3, -0.25) is 9.89 Å². The van der Waals surface area contributed by atoms with Crippen molar-refractivity contribution in [3.63, 3.8) is 0 Å². The summed E-state index contributed by atoms with van der Waals surface area (Å²) in [4.78, 5) is 11.7. The van der Waals surface area contributed by atoms with E-state index in [9.17, 15) is 0 Å². The Bertz CT molecular complexity index is 653. The number of benzene rings is 1. The lowest BCUT2D eigenvalue weighted by Gasteiger charge is -2.36. The summed E-state index contributed by atoms with van der Waals surface area (Å²) >= 11 is 0. The van der Waals surface area contributed by atoms with Crippen LogP contribution in [0.15, 0.2) is 29.3 Å². The number of aryl methyl sites for hydroxylation is 1. The zero-order valence-electron chi connectivity index (χ0n) is 19.3. The van der Waals surface area contributed by atoms with Gasteiger partial charge in [0.25, 0.3) is 0 Å². The maximum absolute atomic E-state index is 5.74. The van der Waals surface area contributed by atoms with Crippen molar-refractivity contribution in [2.45, 2.75) is 32.6 Å². The standard InChI is InChI=1S/C24H41N5O/c1-21-7-6-8-23(19-21)29-15-13-28(14-16-29)12-5-4-11-26-24(25-2)27(3)17-18-30-20-22-9-10-22/h6-8,19,22H,4-5,9-18,20H2,1-3H3,(H,25,26). The quantitative estimate of drug-likeness (QED) is 0.342. The molecule has 0 radical (unpaired) electrons. The second-order valence-corrected chi connectivity index (χ2v) is 8.79. The molecule has 0 amide bonds. The molecule has 0 unspecified atom stereocenters. The Morgan fingerprint density at radius 1 is 1.20 bits per heavy atom. The molecular formula is C24H41N5O.